The SMILES string of the molecule is N#CC1(NC2CC2)CCCC1CCSCC1CCCO1. The lowest BCUT2D eigenvalue weighted by molar-refractivity contribution is 0.129. The Hall–Kier alpha value is -0.240. The zero-order valence-electron chi connectivity index (χ0n) is 12.3. The van der Waals surface area contributed by atoms with E-state index in [0.29, 0.717) is 18.1 Å². The van der Waals surface area contributed by atoms with Crippen LogP contribution < -0.4 is 5.32 Å². The highest BCUT2D eigenvalue weighted by molar-refractivity contribution is 7.99. The van der Waals surface area contributed by atoms with Gasteiger partial charge in [0.15, 0.2) is 0 Å². The molecule has 1 N–H and O–H groups in total. The Morgan fingerprint density at radius 2 is 2.15 bits per heavy atom. The first-order chi connectivity index (χ1) is 9.82. The molecule has 3 aliphatic rings. The van der Waals surface area contributed by atoms with Gasteiger partial charge >= 0.3 is 0 Å². The summed E-state index contributed by atoms with van der Waals surface area (Å²) >= 11 is 2.02. The van der Waals surface area contributed by atoms with Gasteiger partial charge in [0.05, 0.1) is 12.2 Å². The Kier molecular flexibility index (Phi) is 4.91. The Bertz CT molecular complexity index is 360. The van der Waals surface area contributed by atoms with E-state index < -0.39 is 0 Å². The molecule has 3 unspecified atom stereocenters. The molecule has 0 aromatic rings. The molecule has 0 amide bonds. The Morgan fingerprint density at radius 3 is 2.85 bits per heavy atom. The van der Waals surface area contributed by atoms with Gasteiger partial charge in [-0.3, -0.25) is 5.32 Å². The monoisotopic (exact) mass is 294 g/mol. The van der Waals surface area contributed by atoms with E-state index in [1.54, 1.807) is 0 Å². The number of nitrogens with one attached hydrogen (secondary N) is 1. The summed E-state index contributed by atoms with van der Waals surface area (Å²) in [5.74, 6) is 2.88. The van der Waals surface area contributed by atoms with E-state index in [9.17, 15) is 5.26 Å². The fraction of sp³-hybridized carbons (Fsp3) is 0.938. The van der Waals surface area contributed by atoms with Crippen LogP contribution in [0.15, 0.2) is 0 Å². The van der Waals surface area contributed by atoms with Crippen LogP contribution in [-0.4, -0.2) is 35.8 Å². The minimum Gasteiger partial charge on any atom is -0.377 e. The van der Waals surface area contributed by atoms with E-state index in [-0.39, 0.29) is 5.54 Å². The highest BCUT2D eigenvalue weighted by Gasteiger charge is 2.45. The van der Waals surface area contributed by atoms with Crippen LogP contribution in [0.3, 0.4) is 0 Å². The van der Waals surface area contributed by atoms with Crippen molar-refractivity contribution in [3.05, 3.63) is 0 Å². The molecule has 3 atom stereocenters. The van der Waals surface area contributed by atoms with E-state index in [1.807, 2.05) is 11.8 Å². The van der Waals surface area contributed by atoms with Crippen LogP contribution in [0.1, 0.15) is 51.4 Å². The molecule has 112 valence electrons. The quantitative estimate of drug-likeness (QED) is 0.733. The molecule has 3 fully saturated rings. The van der Waals surface area contributed by atoms with Crippen LogP contribution in [0.4, 0.5) is 0 Å². The standard InChI is InChI=1S/C16H26N2OS/c17-12-16(18-14-5-6-14)8-1-3-13(16)7-10-20-11-15-4-2-9-19-15/h13-15,18H,1-11H2. The van der Waals surface area contributed by atoms with E-state index in [1.165, 1.54) is 50.7 Å². The summed E-state index contributed by atoms with van der Waals surface area (Å²) in [5.41, 5.74) is -0.203. The third-order valence-corrected chi connectivity index (χ3v) is 6.13. The molecule has 3 nitrogen and oxygen atoms in total. The van der Waals surface area contributed by atoms with Crippen molar-refractivity contribution in [1.82, 2.24) is 5.32 Å². The molecule has 4 heteroatoms. The number of nitriles is 1. The van der Waals surface area contributed by atoms with Crippen molar-refractivity contribution >= 4 is 11.8 Å². The van der Waals surface area contributed by atoms with Gasteiger partial charge in [0.2, 0.25) is 0 Å². The average molecular weight is 294 g/mol. The fourth-order valence-electron chi connectivity index (χ4n) is 3.65. The molecule has 20 heavy (non-hydrogen) atoms. The molecule has 2 aliphatic carbocycles. The van der Waals surface area contributed by atoms with Gasteiger partial charge in [0.1, 0.15) is 5.54 Å². The summed E-state index contributed by atoms with van der Waals surface area (Å²) in [6.07, 6.45) is 10.2. The number of thioether (sulfide) groups is 1. The molecule has 0 bridgehead atoms. The molecule has 3 rings (SSSR count). The van der Waals surface area contributed by atoms with E-state index >= 15 is 0 Å². The van der Waals surface area contributed by atoms with Crippen molar-refractivity contribution in [2.75, 3.05) is 18.1 Å². The predicted octanol–water partition coefficient (Wildman–Crippen LogP) is 3.10. The molecule has 2 saturated carbocycles. The average Bonchev–Trinajstić information content (AvgIpc) is 2.97. The number of hydrogen-bond acceptors (Lipinski definition) is 4. The maximum Gasteiger partial charge on any atom is 0.109 e. The molecule has 0 aromatic carbocycles. The highest BCUT2D eigenvalue weighted by Crippen LogP contribution is 2.40. The Morgan fingerprint density at radius 1 is 1.25 bits per heavy atom. The van der Waals surface area contributed by atoms with Crippen LogP contribution in [0.25, 0.3) is 0 Å². The maximum atomic E-state index is 9.65. The number of rotatable bonds is 7. The smallest absolute Gasteiger partial charge is 0.109 e. The minimum absolute atomic E-state index is 0.203. The molecule has 0 radical (unpaired) electrons. The minimum atomic E-state index is -0.203. The molecule has 0 aromatic heterocycles. The van der Waals surface area contributed by atoms with E-state index in [4.69, 9.17) is 4.74 Å². The fourth-order valence-corrected chi connectivity index (χ4v) is 4.79. The zero-order valence-corrected chi connectivity index (χ0v) is 13.1. The first kappa shape index (κ1) is 14.7. The summed E-state index contributed by atoms with van der Waals surface area (Å²) in [4.78, 5) is 0. The number of nitrogens with zero attached hydrogens (tertiary/aromatic N) is 1. The molecule has 1 heterocycles. The van der Waals surface area contributed by atoms with Crippen molar-refractivity contribution in [1.29, 1.82) is 5.26 Å². The van der Waals surface area contributed by atoms with Gasteiger partial charge in [-0.2, -0.15) is 17.0 Å². The van der Waals surface area contributed by atoms with Crippen LogP contribution >= 0.6 is 11.8 Å². The van der Waals surface area contributed by atoms with Crippen LogP contribution in [0.5, 0.6) is 0 Å². The third-order valence-electron chi connectivity index (χ3n) is 5.00. The molecular weight excluding hydrogens is 268 g/mol. The third kappa shape index (κ3) is 3.50. The van der Waals surface area contributed by atoms with Crippen LogP contribution in [0.2, 0.25) is 0 Å². The van der Waals surface area contributed by atoms with Crippen LogP contribution in [0, 0.1) is 17.2 Å². The van der Waals surface area contributed by atoms with Gasteiger partial charge in [-0.15, -0.1) is 0 Å². The van der Waals surface area contributed by atoms with Gasteiger partial charge in [0.25, 0.3) is 0 Å². The topological polar surface area (TPSA) is 45.0 Å². The summed E-state index contributed by atoms with van der Waals surface area (Å²) < 4.78 is 5.66. The predicted molar refractivity (Wildman–Crippen MR) is 82.8 cm³/mol. The van der Waals surface area contributed by atoms with Gasteiger partial charge in [-0.25, -0.2) is 0 Å². The number of hydrogen-bond donors (Lipinski definition) is 1. The second-order valence-electron chi connectivity index (χ2n) is 6.59. The summed E-state index contributed by atoms with van der Waals surface area (Å²) in [6, 6.07) is 3.27. The van der Waals surface area contributed by atoms with Gasteiger partial charge in [-0.1, -0.05) is 6.42 Å². The maximum absolute atomic E-state index is 9.65. The largest absolute Gasteiger partial charge is 0.377 e. The lowest BCUT2D eigenvalue weighted by Crippen LogP contribution is -2.48. The summed E-state index contributed by atoms with van der Waals surface area (Å²) in [5, 5.41) is 13.3. The van der Waals surface area contributed by atoms with E-state index in [2.05, 4.69) is 11.4 Å². The van der Waals surface area contributed by atoms with Gasteiger partial charge in [-0.05, 0) is 56.6 Å². The van der Waals surface area contributed by atoms with Crippen molar-refractivity contribution in [2.24, 2.45) is 5.92 Å². The first-order valence-corrected chi connectivity index (χ1v) is 9.36. The lowest BCUT2D eigenvalue weighted by atomic mass is 9.86. The van der Waals surface area contributed by atoms with Gasteiger partial charge < -0.3 is 4.74 Å². The Labute approximate surface area is 126 Å². The Balaban J connectivity index is 1.42. The molecular formula is C16H26N2OS. The van der Waals surface area contributed by atoms with Crippen molar-refractivity contribution < 1.29 is 4.74 Å². The van der Waals surface area contributed by atoms with Crippen molar-refractivity contribution in [3.63, 3.8) is 0 Å². The highest BCUT2D eigenvalue weighted by atomic mass is 32.2. The van der Waals surface area contributed by atoms with Crippen molar-refractivity contribution in [2.45, 2.75) is 69.1 Å². The molecule has 1 saturated heterocycles. The lowest BCUT2D eigenvalue weighted by Gasteiger charge is -2.30. The molecule has 0 spiro atoms. The van der Waals surface area contributed by atoms with E-state index in [0.717, 1.165) is 18.8 Å². The first-order valence-electron chi connectivity index (χ1n) is 8.21. The zero-order chi connectivity index (χ0) is 13.8. The molecule has 1 aliphatic heterocycles. The summed E-state index contributed by atoms with van der Waals surface area (Å²) in [6.45, 7) is 0.955. The summed E-state index contributed by atoms with van der Waals surface area (Å²) in [7, 11) is 0. The van der Waals surface area contributed by atoms with Crippen LogP contribution in [-0.2, 0) is 4.74 Å². The van der Waals surface area contributed by atoms with Gasteiger partial charge in [0, 0.05) is 18.4 Å². The number of ether oxygens (including phenoxy) is 1. The second-order valence-corrected chi connectivity index (χ2v) is 7.74. The van der Waals surface area contributed by atoms with Crippen molar-refractivity contribution in [3.8, 4) is 6.07 Å². The normalized spacial score (nSPS) is 37.1. The second kappa shape index (κ2) is 6.68.